The Labute approximate surface area is 110 Å². The molecule has 0 aliphatic carbocycles. The van der Waals surface area contributed by atoms with Crippen LogP contribution in [0.1, 0.15) is 30.5 Å². The van der Waals surface area contributed by atoms with E-state index < -0.39 is 0 Å². The van der Waals surface area contributed by atoms with E-state index in [0.717, 1.165) is 6.42 Å². The summed E-state index contributed by atoms with van der Waals surface area (Å²) >= 11 is 0. The molecule has 2 atom stereocenters. The van der Waals surface area contributed by atoms with Gasteiger partial charge in [0.15, 0.2) is 0 Å². The maximum atomic E-state index is 11.7. The van der Waals surface area contributed by atoms with E-state index in [4.69, 9.17) is 5.73 Å². The summed E-state index contributed by atoms with van der Waals surface area (Å²) < 4.78 is 0. The molecule has 1 rings (SSSR count). The van der Waals surface area contributed by atoms with Gasteiger partial charge in [-0.25, -0.2) is 0 Å². The molecule has 3 heteroatoms. The van der Waals surface area contributed by atoms with Crippen LogP contribution in [0, 0.1) is 19.8 Å². The standard InChI is InChI=1S/C15H24N2O/c1-10-7-11(2)9-14(8-10)5-6-17-15(18)12(3)13(4)16/h7-9,12-13H,5-6,16H2,1-4H3,(H,17,18). The molecule has 0 saturated carbocycles. The van der Waals surface area contributed by atoms with Crippen LogP contribution in [-0.4, -0.2) is 18.5 Å². The van der Waals surface area contributed by atoms with Gasteiger partial charge < -0.3 is 11.1 Å². The van der Waals surface area contributed by atoms with E-state index in [1.54, 1.807) is 0 Å². The summed E-state index contributed by atoms with van der Waals surface area (Å²) in [6.45, 7) is 8.56. The van der Waals surface area contributed by atoms with Gasteiger partial charge >= 0.3 is 0 Å². The summed E-state index contributed by atoms with van der Waals surface area (Å²) in [6.07, 6.45) is 0.861. The van der Waals surface area contributed by atoms with Crippen molar-refractivity contribution >= 4 is 5.91 Å². The van der Waals surface area contributed by atoms with Crippen LogP contribution in [0.3, 0.4) is 0 Å². The zero-order valence-electron chi connectivity index (χ0n) is 11.8. The summed E-state index contributed by atoms with van der Waals surface area (Å²) in [6, 6.07) is 6.37. The minimum atomic E-state index is -0.135. The van der Waals surface area contributed by atoms with Gasteiger partial charge in [-0.15, -0.1) is 0 Å². The Balaban J connectivity index is 2.44. The summed E-state index contributed by atoms with van der Waals surface area (Å²) in [5, 5.41) is 2.93. The minimum Gasteiger partial charge on any atom is -0.355 e. The Bertz CT molecular complexity index is 393. The Morgan fingerprint density at radius 3 is 2.28 bits per heavy atom. The summed E-state index contributed by atoms with van der Waals surface area (Å²) in [4.78, 5) is 11.7. The molecule has 1 amide bonds. The first-order chi connectivity index (χ1) is 8.40. The molecule has 18 heavy (non-hydrogen) atoms. The van der Waals surface area contributed by atoms with Gasteiger partial charge in [-0.3, -0.25) is 4.79 Å². The highest BCUT2D eigenvalue weighted by molar-refractivity contribution is 5.78. The van der Waals surface area contributed by atoms with E-state index in [1.807, 2.05) is 13.8 Å². The lowest BCUT2D eigenvalue weighted by molar-refractivity contribution is -0.124. The maximum absolute atomic E-state index is 11.7. The van der Waals surface area contributed by atoms with Crippen LogP contribution in [0.5, 0.6) is 0 Å². The third-order valence-corrected chi connectivity index (χ3v) is 3.20. The molecule has 0 radical (unpaired) electrons. The van der Waals surface area contributed by atoms with Crippen molar-refractivity contribution in [2.24, 2.45) is 11.7 Å². The van der Waals surface area contributed by atoms with Crippen molar-refractivity contribution in [3.8, 4) is 0 Å². The molecule has 0 aliphatic heterocycles. The summed E-state index contributed by atoms with van der Waals surface area (Å²) in [5.41, 5.74) is 9.49. The van der Waals surface area contributed by atoms with Crippen molar-refractivity contribution in [1.82, 2.24) is 5.32 Å². The van der Waals surface area contributed by atoms with E-state index >= 15 is 0 Å². The largest absolute Gasteiger partial charge is 0.355 e. The summed E-state index contributed by atoms with van der Waals surface area (Å²) in [5.74, 6) is -0.0985. The van der Waals surface area contributed by atoms with Gasteiger partial charge in [0.25, 0.3) is 0 Å². The predicted molar refractivity (Wildman–Crippen MR) is 75.4 cm³/mol. The fourth-order valence-corrected chi connectivity index (χ4v) is 1.94. The number of rotatable bonds is 5. The molecule has 1 aromatic carbocycles. The zero-order chi connectivity index (χ0) is 13.7. The van der Waals surface area contributed by atoms with Crippen LogP contribution in [0.15, 0.2) is 18.2 Å². The number of amides is 1. The van der Waals surface area contributed by atoms with Gasteiger partial charge in [0, 0.05) is 18.5 Å². The lowest BCUT2D eigenvalue weighted by Crippen LogP contribution is -2.39. The van der Waals surface area contributed by atoms with Crippen LogP contribution in [-0.2, 0) is 11.2 Å². The highest BCUT2D eigenvalue weighted by Crippen LogP contribution is 2.09. The monoisotopic (exact) mass is 248 g/mol. The molecule has 0 aliphatic rings. The highest BCUT2D eigenvalue weighted by Gasteiger charge is 2.15. The molecular weight excluding hydrogens is 224 g/mol. The molecule has 0 fully saturated rings. The number of aryl methyl sites for hydroxylation is 2. The molecule has 2 unspecified atom stereocenters. The molecular formula is C15H24N2O. The van der Waals surface area contributed by atoms with E-state index in [2.05, 4.69) is 37.4 Å². The first-order valence-electron chi connectivity index (χ1n) is 6.50. The number of carbonyl (C=O) groups is 1. The van der Waals surface area contributed by atoms with Gasteiger partial charge in [0.2, 0.25) is 5.91 Å². The number of nitrogens with two attached hydrogens (primary N) is 1. The lowest BCUT2D eigenvalue weighted by Gasteiger charge is -2.15. The summed E-state index contributed by atoms with van der Waals surface area (Å²) in [7, 11) is 0. The molecule has 0 bridgehead atoms. The first kappa shape index (κ1) is 14.7. The van der Waals surface area contributed by atoms with Crippen molar-refractivity contribution in [2.75, 3.05) is 6.54 Å². The van der Waals surface area contributed by atoms with Crippen LogP contribution in [0.4, 0.5) is 0 Å². The van der Waals surface area contributed by atoms with E-state index in [9.17, 15) is 4.79 Å². The van der Waals surface area contributed by atoms with Gasteiger partial charge in [0.1, 0.15) is 0 Å². The first-order valence-corrected chi connectivity index (χ1v) is 6.50. The van der Waals surface area contributed by atoms with E-state index in [1.165, 1.54) is 16.7 Å². The normalized spacial score (nSPS) is 14.1. The quantitative estimate of drug-likeness (QED) is 0.836. The predicted octanol–water partition coefficient (Wildman–Crippen LogP) is 1.95. The fourth-order valence-electron chi connectivity index (χ4n) is 1.94. The second-order valence-electron chi connectivity index (χ2n) is 5.18. The van der Waals surface area contributed by atoms with Crippen LogP contribution >= 0.6 is 0 Å². The Morgan fingerprint density at radius 2 is 1.78 bits per heavy atom. The Morgan fingerprint density at radius 1 is 1.22 bits per heavy atom. The van der Waals surface area contributed by atoms with Gasteiger partial charge in [-0.1, -0.05) is 36.2 Å². The Hall–Kier alpha value is -1.35. The van der Waals surface area contributed by atoms with Crippen LogP contribution < -0.4 is 11.1 Å². The lowest BCUT2D eigenvalue weighted by atomic mass is 10.0. The smallest absolute Gasteiger partial charge is 0.224 e. The topological polar surface area (TPSA) is 55.1 Å². The molecule has 1 aromatic rings. The fraction of sp³-hybridized carbons (Fsp3) is 0.533. The van der Waals surface area contributed by atoms with E-state index in [0.29, 0.717) is 6.54 Å². The van der Waals surface area contributed by atoms with Gasteiger partial charge in [-0.05, 0) is 32.8 Å². The molecule has 0 heterocycles. The van der Waals surface area contributed by atoms with Crippen molar-refractivity contribution < 1.29 is 4.79 Å². The average Bonchev–Trinajstić information content (AvgIpc) is 2.26. The Kier molecular flexibility index (Phi) is 5.35. The van der Waals surface area contributed by atoms with Crippen molar-refractivity contribution in [3.05, 3.63) is 34.9 Å². The van der Waals surface area contributed by atoms with Gasteiger partial charge in [0.05, 0.1) is 0 Å². The number of hydrogen-bond acceptors (Lipinski definition) is 2. The van der Waals surface area contributed by atoms with Crippen LogP contribution in [0.2, 0.25) is 0 Å². The number of hydrogen-bond donors (Lipinski definition) is 2. The average molecular weight is 248 g/mol. The SMILES string of the molecule is Cc1cc(C)cc(CCNC(=O)C(C)C(C)N)c1. The third-order valence-electron chi connectivity index (χ3n) is 3.20. The second-order valence-corrected chi connectivity index (χ2v) is 5.18. The molecule has 0 saturated heterocycles. The van der Waals surface area contributed by atoms with Crippen molar-refractivity contribution in [1.29, 1.82) is 0 Å². The number of nitrogens with one attached hydrogen (secondary N) is 1. The molecule has 100 valence electrons. The molecule has 0 aromatic heterocycles. The number of benzene rings is 1. The highest BCUT2D eigenvalue weighted by atomic mass is 16.1. The second kappa shape index (κ2) is 6.55. The third kappa shape index (κ3) is 4.49. The van der Waals surface area contributed by atoms with E-state index in [-0.39, 0.29) is 17.9 Å². The van der Waals surface area contributed by atoms with Crippen molar-refractivity contribution in [2.45, 2.75) is 40.2 Å². The molecule has 0 spiro atoms. The molecule has 3 nitrogen and oxygen atoms in total. The maximum Gasteiger partial charge on any atom is 0.224 e. The zero-order valence-corrected chi connectivity index (χ0v) is 11.8. The minimum absolute atomic E-state index is 0.0365. The van der Waals surface area contributed by atoms with Gasteiger partial charge in [-0.2, -0.15) is 0 Å². The number of carbonyl (C=O) groups excluding carboxylic acids is 1. The molecule has 3 N–H and O–H groups in total. The van der Waals surface area contributed by atoms with Crippen LogP contribution in [0.25, 0.3) is 0 Å². The van der Waals surface area contributed by atoms with Crippen molar-refractivity contribution in [3.63, 3.8) is 0 Å².